The van der Waals surface area contributed by atoms with E-state index >= 15 is 0 Å². The minimum atomic E-state index is -1.82. The summed E-state index contributed by atoms with van der Waals surface area (Å²) in [6.07, 6.45) is 4.80. The molecule has 0 amide bonds. The third-order valence-corrected chi connectivity index (χ3v) is 6.41. The smallest absolute Gasteiger partial charge is 0.414 e. The lowest BCUT2D eigenvalue weighted by Gasteiger charge is -2.22. The van der Waals surface area contributed by atoms with Gasteiger partial charge in [0.05, 0.1) is 10.6 Å². The average molecular weight is 547 g/mol. The Labute approximate surface area is 222 Å². The van der Waals surface area contributed by atoms with Crippen LogP contribution in [-0.4, -0.2) is 84.7 Å². The number of likely N-dealkylation sites (N-methyl/N-ethyl adjacent to an activating group) is 1. The maximum absolute atomic E-state index is 9.10. The Morgan fingerprint density at radius 1 is 0.974 bits per heavy atom. The molecule has 1 aliphatic heterocycles. The molecule has 0 bridgehead atoms. The molecule has 0 radical (unpaired) electrons. The first-order valence-electron chi connectivity index (χ1n) is 11.7. The van der Waals surface area contributed by atoms with Crippen molar-refractivity contribution in [1.82, 2.24) is 20.0 Å². The lowest BCUT2D eigenvalue weighted by molar-refractivity contribution is -0.159. The van der Waals surface area contributed by atoms with Crippen LogP contribution >= 0.6 is 11.3 Å². The number of aromatic nitrogens is 2. The molecule has 204 valence electrons. The van der Waals surface area contributed by atoms with E-state index in [4.69, 9.17) is 44.7 Å². The molecule has 12 nitrogen and oxygen atoms in total. The molecule has 1 atom stereocenters. The van der Waals surface area contributed by atoms with Crippen LogP contribution in [0.25, 0.3) is 16.3 Å². The highest BCUT2D eigenvalue weighted by Gasteiger charge is 2.22. The van der Waals surface area contributed by atoms with Gasteiger partial charge >= 0.3 is 23.9 Å². The molecule has 3 heterocycles. The Morgan fingerprint density at radius 3 is 2.13 bits per heavy atom. The van der Waals surface area contributed by atoms with Gasteiger partial charge in [0, 0.05) is 30.9 Å². The summed E-state index contributed by atoms with van der Waals surface area (Å²) < 4.78 is 2.00. The number of nitrogens with zero attached hydrogens (tertiary/aromatic N) is 3. The van der Waals surface area contributed by atoms with Gasteiger partial charge in [0.15, 0.2) is 0 Å². The Hall–Kier alpha value is -4.07. The fourth-order valence-electron chi connectivity index (χ4n) is 3.79. The largest absolute Gasteiger partial charge is 0.473 e. The van der Waals surface area contributed by atoms with E-state index in [1.54, 1.807) is 11.3 Å². The molecular weight excluding hydrogens is 516 g/mol. The number of para-hydroxylation sites is 1. The van der Waals surface area contributed by atoms with Crippen molar-refractivity contribution < 1.29 is 39.6 Å². The topological polar surface area (TPSA) is 182 Å². The van der Waals surface area contributed by atoms with Gasteiger partial charge in [-0.3, -0.25) is 4.90 Å². The summed E-state index contributed by atoms with van der Waals surface area (Å²) in [6.45, 7) is 6.56. The van der Waals surface area contributed by atoms with Gasteiger partial charge in [0.25, 0.3) is 0 Å². The van der Waals surface area contributed by atoms with Crippen molar-refractivity contribution in [3.63, 3.8) is 0 Å². The Bertz CT molecular complexity index is 1150. The number of aliphatic carboxylic acids is 4. The van der Waals surface area contributed by atoms with Gasteiger partial charge in [0.2, 0.25) is 0 Å². The molecule has 4 rings (SSSR count). The molecule has 0 aliphatic carbocycles. The van der Waals surface area contributed by atoms with E-state index < -0.39 is 23.9 Å². The second-order valence-electron chi connectivity index (χ2n) is 8.04. The zero-order valence-corrected chi connectivity index (χ0v) is 21.5. The van der Waals surface area contributed by atoms with Crippen LogP contribution in [-0.2, 0) is 25.7 Å². The molecule has 1 saturated heterocycles. The zero-order chi connectivity index (χ0) is 28.1. The van der Waals surface area contributed by atoms with Crippen LogP contribution in [0.4, 0.5) is 0 Å². The first-order chi connectivity index (χ1) is 18.1. The van der Waals surface area contributed by atoms with E-state index in [9.17, 15) is 0 Å². The normalized spacial score (nSPS) is 14.5. The summed E-state index contributed by atoms with van der Waals surface area (Å²) in [5.74, 6) is -7.30. The number of thiophene rings is 1. The van der Waals surface area contributed by atoms with E-state index in [-0.39, 0.29) is 0 Å². The van der Waals surface area contributed by atoms with E-state index in [1.165, 1.54) is 29.8 Å². The molecule has 3 aromatic rings. The van der Waals surface area contributed by atoms with Crippen LogP contribution in [0.3, 0.4) is 0 Å². The lowest BCUT2D eigenvalue weighted by atomic mass is 10.2. The van der Waals surface area contributed by atoms with Gasteiger partial charge in [-0.1, -0.05) is 31.2 Å². The predicted octanol–water partition coefficient (Wildman–Crippen LogP) is 2.49. The molecule has 1 unspecified atom stereocenters. The second-order valence-corrected chi connectivity index (χ2v) is 8.98. The van der Waals surface area contributed by atoms with Crippen LogP contribution in [0.2, 0.25) is 0 Å². The zero-order valence-electron chi connectivity index (χ0n) is 20.7. The lowest BCUT2D eigenvalue weighted by Crippen LogP contribution is -2.37. The van der Waals surface area contributed by atoms with Crippen molar-refractivity contribution in [3.05, 3.63) is 59.6 Å². The maximum atomic E-state index is 9.10. The van der Waals surface area contributed by atoms with Crippen molar-refractivity contribution in [2.24, 2.45) is 0 Å². The molecule has 13 heteroatoms. The van der Waals surface area contributed by atoms with Crippen molar-refractivity contribution in [3.8, 4) is 16.3 Å². The van der Waals surface area contributed by atoms with Gasteiger partial charge in [0.1, 0.15) is 5.69 Å². The third kappa shape index (κ3) is 9.42. The average Bonchev–Trinajstić information content (AvgIpc) is 3.66. The van der Waals surface area contributed by atoms with E-state index in [2.05, 4.69) is 65.1 Å². The summed E-state index contributed by atoms with van der Waals surface area (Å²) in [6, 6.07) is 15.3. The first kappa shape index (κ1) is 30.2. The third-order valence-electron chi connectivity index (χ3n) is 5.53. The van der Waals surface area contributed by atoms with E-state index in [0.29, 0.717) is 6.04 Å². The number of nitrogens with one attached hydrogen (secondary N) is 1. The number of likely N-dealkylation sites (tertiary alicyclic amines) is 1. The standard InChI is InChI=1S/C21H26N4S.2C2H2O4/c1-2-24-12-6-10-19(24)15-22-14-17-16-25(18-8-4-3-5-9-18)23-21(17)20-11-7-13-26-20;2*3-1(4)2(5)6/h3-5,7-9,11,13,16,19,22H,2,6,10,12,14-15H2,1H3;2*(H,3,4)(H,5,6). The number of carbonyl (C=O) groups is 4. The fraction of sp³-hybridized carbons (Fsp3) is 0.320. The highest BCUT2D eigenvalue weighted by Crippen LogP contribution is 2.28. The molecule has 1 aliphatic rings. The number of hydrogen-bond donors (Lipinski definition) is 5. The van der Waals surface area contributed by atoms with Crippen LogP contribution in [0.15, 0.2) is 54.0 Å². The first-order valence-corrected chi connectivity index (χ1v) is 12.6. The molecule has 38 heavy (non-hydrogen) atoms. The van der Waals surface area contributed by atoms with Crippen LogP contribution in [0.1, 0.15) is 25.3 Å². The molecule has 0 saturated carbocycles. The Morgan fingerprint density at radius 2 is 1.61 bits per heavy atom. The molecule has 2 aromatic heterocycles. The van der Waals surface area contributed by atoms with Gasteiger partial charge in [-0.15, -0.1) is 11.3 Å². The number of rotatable bonds is 7. The molecule has 1 aromatic carbocycles. The number of benzene rings is 1. The number of carboxylic acid groups (broad SMARTS) is 4. The van der Waals surface area contributed by atoms with Crippen molar-refractivity contribution >= 4 is 35.2 Å². The minimum absolute atomic E-state index is 0.675. The molecule has 0 spiro atoms. The fourth-order valence-corrected chi connectivity index (χ4v) is 4.53. The summed E-state index contributed by atoms with van der Waals surface area (Å²) in [7, 11) is 0. The monoisotopic (exact) mass is 546 g/mol. The van der Waals surface area contributed by atoms with Crippen molar-refractivity contribution in [2.75, 3.05) is 19.6 Å². The van der Waals surface area contributed by atoms with Crippen LogP contribution < -0.4 is 5.32 Å². The van der Waals surface area contributed by atoms with Crippen LogP contribution in [0.5, 0.6) is 0 Å². The quantitative estimate of drug-likeness (QED) is 0.275. The summed E-state index contributed by atoms with van der Waals surface area (Å²) in [5.41, 5.74) is 3.46. The molecular formula is C25H30N4O8S. The number of carboxylic acids is 4. The minimum Gasteiger partial charge on any atom is -0.473 e. The van der Waals surface area contributed by atoms with Gasteiger partial charge < -0.3 is 25.7 Å². The maximum Gasteiger partial charge on any atom is 0.414 e. The Kier molecular flexibility index (Phi) is 12.1. The Balaban J connectivity index is 0.000000355. The number of hydrogen-bond acceptors (Lipinski definition) is 8. The second kappa shape index (κ2) is 15.2. The summed E-state index contributed by atoms with van der Waals surface area (Å²) >= 11 is 1.75. The van der Waals surface area contributed by atoms with Crippen molar-refractivity contribution in [1.29, 1.82) is 0 Å². The highest BCUT2D eigenvalue weighted by atomic mass is 32.1. The molecule has 1 fully saturated rings. The summed E-state index contributed by atoms with van der Waals surface area (Å²) in [5, 5.41) is 40.2. The highest BCUT2D eigenvalue weighted by molar-refractivity contribution is 7.13. The van der Waals surface area contributed by atoms with Crippen LogP contribution in [0, 0.1) is 0 Å². The molecule has 5 N–H and O–H groups in total. The van der Waals surface area contributed by atoms with Crippen molar-refractivity contribution in [2.45, 2.75) is 32.4 Å². The summed E-state index contributed by atoms with van der Waals surface area (Å²) in [4.78, 5) is 40.2. The predicted molar refractivity (Wildman–Crippen MR) is 139 cm³/mol. The van der Waals surface area contributed by atoms with E-state index in [0.717, 1.165) is 31.0 Å². The van der Waals surface area contributed by atoms with Gasteiger partial charge in [-0.2, -0.15) is 5.10 Å². The van der Waals surface area contributed by atoms with Gasteiger partial charge in [-0.05, 0) is 49.5 Å². The van der Waals surface area contributed by atoms with E-state index in [1.807, 2.05) is 10.7 Å². The SMILES string of the molecule is CCN1CCCC1CNCc1cn(-c2ccccc2)nc1-c1cccs1.O=C(O)C(=O)O.O=C(O)C(=O)O. The van der Waals surface area contributed by atoms with Gasteiger partial charge in [-0.25, -0.2) is 23.9 Å².